The van der Waals surface area contributed by atoms with Gasteiger partial charge >= 0.3 is 0 Å². The molecule has 2 aromatic rings. The van der Waals surface area contributed by atoms with Gasteiger partial charge in [0.15, 0.2) is 0 Å². The predicted molar refractivity (Wildman–Crippen MR) is 109 cm³/mol. The second-order valence-corrected chi connectivity index (χ2v) is 8.92. The van der Waals surface area contributed by atoms with Gasteiger partial charge in [0.1, 0.15) is 0 Å². The molecule has 28 heavy (non-hydrogen) atoms. The molecule has 1 heterocycles. The fourth-order valence-corrected chi connectivity index (χ4v) is 4.86. The van der Waals surface area contributed by atoms with E-state index in [1.54, 1.807) is 32.0 Å². The van der Waals surface area contributed by atoms with Gasteiger partial charge in [0.25, 0.3) is 0 Å². The number of aryl methyl sites for hydroxylation is 2. The fourth-order valence-electron chi connectivity index (χ4n) is 3.23. The van der Waals surface area contributed by atoms with Crippen LogP contribution in [-0.2, 0) is 19.6 Å². The summed E-state index contributed by atoms with van der Waals surface area (Å²) in [5, 5.41) is 2.76. The highest BCUT2D eigenvalue weighted by atomic mass is 32.2. The number of ether oxygens (including phenoxy) is 1. The molecule has 7 heteroatoms. The number of amides is 1. The van der Waals surface area contributed by atoms with Crippen LogP contribution < -0.4 is 5.32 Å². The first-order valence-electron chi connectivity index (χ1n) is 9.40. The minimum atomic E-state index is -3.65. The summed E-state index contributed by atoms with van der Waals surface area (Å²) in [6, 6.07) is 12.8. The van der Waals surface area contributed by atoms with Crippen molar-refractivity contribution >= 4 is 21.6 Å². The minimum Gasteiger partial charge on any atom is -0.371 e. The average molecular weight is 403 g/mol. The number of morpholine rings is 1. The number of nitrogens with zero attached hydrogens (tertiary/aromatic N) is 1. The van der Waals surface area contributed by atoms with Crippen LogP contribution in [0.3, 0.4) is 0 Å². The van der Waals surface area contributed by atoms with Gasteiger partial charge in [-0.25, -0.2) is 8.42 Å². The minimum absolute atomic E-state index is 0.107. The third-order valence-electron chi connectivity index (χ3n) is 4.88. The van der Waals surface area contributed by atoms with Crippen LogP contribution in [-0.4, -0.2) is 38.3 Å². The number of carbonyl (C=O) groups excluding carboxylic acids is 1. The quantitative estimate of drug-likeness (QED) is 0.832. The number of hydrogen-bond acceptors (Lipinski definition) is 4. The molecule has 1 saturated heterocycles. The Morgan fingerprint density at radius 1 is 1.18 bits per heavy atom. The molecule has 0 saturated carbocycles. The maximum Gasteiger partial charge on any atom is 0.243 e. The maximum absolute atomic E-state index is 13.2. The Morgan fingerprint density at radius 2 is 1.89 bits per heavy atom. The van der Waals surface area contributed by atoms with Crippen LogP contribution in [0.2, 0.25) is 0 Å². The second kappa shape index (κ2) is 8.43. The van der Waals surface area contributed by atoms with E-state index in [9.17, 15) is 13.2 Å². The summed E-state index contributed by atoms with van der Waals surface area (Å²) in [4.78, 5) is 11.8. The summed E-state index contributed by atoms with van der Waals surface area (Å²) >= 11 is 0. The SMILES string of the molecule is CCC(=O)Nc1ccc(S(=O)(=O)N2CCOC(c3ccc(C)cc3)C2)c(C)c1. The van der Waals surface area contributed by atoms with E-state index in [0.29, 0.717) is 30.8 Å². The van der Waals surface area contributed by atoms with Crippen LogP contribution in [0, 0.1) is 13.8 Å². The van der Waals surface area contributed by atoms with Crippen molar-refractivity contribution < 1.29 is 17.9 Å². The van der Waals surface area contributed by atoms with Crippen molar-refractivity contribution in [3.8, 4) is 0 Å². The van der Waals surface area contributed by atoms with Crippen molar-refractivity contribution in [2.75, 3.05) is 25.0 Å². The number of nitrogens with one attached hydrogen (secondary N) is 1. The number of rotatable bonds is 5. The Bertz CT molecular complexity index is 955. The third kappa shape index (κ3) is 4.43. The van der Waals surface area contributed by atoms with E-state index in [1.165, 1.54) is 4.31 Å². The van der Waals surface area contributed by atoms with Crippen LogP contribution in [0.15, 0.2) is 47.4 Å². The molecule has 0 spiro atoms. The van der Waals surface area contributed by atoms with Crippen molar-refractivity contribution in [1.82, 2.24) is 4.31 Å². The van der Waals surface area contributed by atoms with Crippen LogP contribution in [0.5, 0.6) is 0 Å². The van der Waals surface area contributed by atoms with Crippen molar-refractivity contribution in [1.29, 1.82) is 0 Å². The van der Waals surface area contributed by atoms with E-state index < -0.39 is 10.0 Å². The molecule has 0 aromatic heterocycles. The highest BCUT2D eigenvalue weighted by Gasteiger charge is 2.32. The summed E-state index contributed by atoms with van der Waals surface area (Å²) in [5.41, 5.74) is 3.32. The van der Waals surface area contributed by atoms with Gasteiger partial charge in [-0.3, -0.25) is 4.79 Å². The van der Waals surface area contributed by atoms with Gasteiger partial charge in [-0.05, 0) is 43.2 Å². The average Bonchev–Trinajstić information content (AvgIpc) is 2.68. The third-order valence-corrected chi connectivity index (χ3v) is 6.90. The zero-order valence-corrected chi connectivity index (χ0v) is 17.3. The highest BCUT2D eigenvalue weighted by molar-refractivity contribution is 7.89. The van der Waals surface area contributed by atoms with Crippen LogP contribution >= 0.6 is 0 Å². The molecule has 150 valence electrons. The smallest absolute Gasteiger partial charge is 0.243 e. The Kier molecular flexibility index (Phi) is 6.17. The first-order valence-corrected chi connectivity index (χ1v) is 10.8. The zero-order valence-electron chi connectivity index (χ0n) is 16.4. The van der Waals surface area contributed by atoms with Gasteiger partial charge < -0.3 is 10.1 Å². The maximum atomic E-state index is 13.2. The summed E-state index contributed by atoms with van der Waals surface area (Å²) in [5.74, 6) is -0.107. The number of sulfonamides is 1. The first kappa shape index (κ1) is 20.5. The van der Waals surface area contributed by atoms with Crippen LogP contribution in [0.4, 0.5) is 5.69 Å². The molecule has 1 aliphatic rings. The number of carbonyl (C=O) groups is 1. The Balaban J connectivity index is 1.81. The lowest BCUT2D eigenvalue weighted by atomic mass is 10.1. The molecule has 1 fully saturated rings. The molecule has 0 radical (unpaired) electrons. The number of anilines is 1. The normalized spacial score (nSPS) is 18.0. The second-order valence-electron chi connectivity index (χ2n) is 7.02. The van der Waals surface area contributed by atoms with Crippen LogP contribution in [0.25, 0.3) is 0 Å². The molecule has 1 N–H and O–H groups in total. The lowest BCUT2D eigenvalue weighted by molar-refractivity contribution is -0.115. The van der Waals surface area contributed by atoms with E-state index >= 15 is 0 Å². The fraction of sp³-hybridized carbons (Fsp3) is 0.381. The van der Waals surface area contributed by atoms with Gasteiger partial charge in [0, 0.05) is 25.2 Å². The molecule has 3 rings (SSSR count). The Hall–Kier alpha value is -2.22. The molecular formula is C21H26N2O4S. The van der Waals surface area contributed by atoms with Crippen molar-refractivity contribution in [3.63, 3.8) is 0 Å². The summed E-state index contributed by atoms with van der Waals surface area (Å²) in [7, 11) is -3.65. The van der Waals surface area contributed by atoms with Gasteiger partial charge in [-0.2, -0.15) is 4.31 Å². The van der Waals surface area contributed by atoms with Gasteiger partial charge in [-0.1, -0.05) is 36.8 Å². The van der Waals surface area contributed by atoms with Crippen molar-refractivity contribution in [3.05, 3.63) is 59.2 Å². The van der Waals surface area contributed by atoms with E-state index in [4.69, 9.17) is 4.74 Å². The highest BCUT2D eigenvalue weighted by Crippen LogP contribution is 2.29. The standard InChI is InChI=1S/C21H26N2O4S/c1-4-21(24)22-18-9-10-20(16(3)13-18)28(25,26)23-11-12-27-19(14-23)17-7-5-15(2)6-8-17/h5-10,13,19H,4,11-12,14H2,1-3H3,(H,22,24). The molecule has 0 bridgehead atoms. The number of benzene rings is 2. The van der Waals surface area contributed by atoms with E-state index in [1.807, 2.05) is 31.2 Å². The van der Waals surface area contributed by atoms with Gasteiger partial charge in [0.05, 0.1) is 17.6 Å². The summed E-state index contributed by atoms with van der Waals surface area (Å²) in [6.45, 7) is 6.47. The van der Waals surface area contributed by atoms with Gasteiger partial charge in [0.2, 0.25) is 15.9 Å². The molecule has 0 aliphatic carbocycles. The summed E-state index contributed by atoms with van der Waals surface area (Å²) < 4.78 is 33.7. The van der Waals surface area contributed by atoms with E-state index in [2.05, 4.69) is 5.32 Å². The summed E-state index contributed by atoms with van der Waals surface area (Å²) in [6.07, 6.45) is 0.0836. The molecule has 1 aliphatic heterocycles. The molecule has 1 unspecified atom stereocenters. The van der Waals surface area contributed by atoms with E-state index in [-0.39, 0.29) is 23.5 Å². The molecule has 1 amide bonds. The number of hydrogen-bond donors (Lipinski definition) is 1. The monoisotopic (exact) mass is 402 g/mol. The van der Waals surface area contributed by atoms with E-state index in [0.717, 1.165) is 11.1 Å². The molecule has 2 aromatic carbocycles. The molecule has 6 nitrogen and oxygen atoms in total. The molecular weight excluding hydrogens is 376 g/mol. The topological polar surface area (TPSA) is 75.7 Å². The largest absolute Gasteiger partial charge is 0.371 e. The first-order chi connectivity index (χ1) is 13.3. The van der Waals surface area contributed by atoms with Crippen molar-refractivity contribution in [2.45, 2.75) is 38.2 Å². The zero-order chi connectivity index (χ0) is 20.3. The lowest BCUT2D eigenvalue weighted by Gasteiger charge is -2.32. The molecule has 1 atom stereocenters. The Labute approximate surface area is 166 Å². The lowest BCUT2D eigenvalue weighted by Crippen LogP contribution is -2.42. The van der Waals surface area contributed by atoms with Crippen molar-refractivity contribution in [2.24, 2.45) is 0 Å². The predicted octanol–water partition coefficient (Wildman–Crippen LogP) is 3.41. The Morgan fingerprint density at radius 3 is 2.54 bits per heavy atom. The van der Waals surface area contributed by atoms with Gasteiger partial charge in [-0.15, -0.1) is 0 Å². The van der Waals surface area contributed by atoms with Crippen LogP contribution in [0.1, 0.15) is 36.1 Å².